The fraction of sp³-hybridized carbons (Fsp3) is 0.318. The van der Waals surface area contributed by atoms with E-state index >= 15 is 0 Å². The van der Waals surface area contributed by atoms with Crippen LogP contribution < -0.4 is 14.8 Å². The number of carbonyl (C=O) groups is 1. The zero-order valence-corrected chi connectivity index (χ0v) is 17.9. The van der Waals surface area contributed by atoms with Gasteiger partial charge < -0.3 is 19.3 Å². The van der Waals surface area contributed by atoms with Crippen LogP contribution in [0.15, 0.2) is 34.9 Å². The van der Waals surface area contributed by atoms with Gasteiger partial charge >= 0.3 is 0 Å². The molecule has 0 saturated heterocycles. The second kappa shape index (κ2) is 8.71. The number of aromatic nitrogens is 2. The van der Waals surface area contributed by atoms with Gasteiger partial charge in [-0.2, -0.15) is 4.98 Å². The molecule has 1 N–H and O–H groups in total. The van der Waals surface area contributed by atoms with Gasteiger partial charge in [0.2, 0.25) is 17.6 Å². The van der Waals surface area contributed by atoms with Crippen molar-refractivity contribution in [2.24, 2.45) is 0 Å². The van der Waals surface area contributed by atoms with Gasteiger partial charge in [0.15, 0.2) is 11.5 Å². The lowest BCUT2D eigenvalue weighted by Crippen LogP contribution is -2.08. The molecule has 0 aliphatic heterocycles. The highest BCUT2D eigenvalue weighted by molar-refractivity contribution is 7.16. The Labute approximate surface area is 178 Å². The summed E-state index contributed by atoms with van der Waals surface area (Å²) in [4.78, 5) is 18.8. The van der Waals surface area contributed by atoms with E-state index in [4.69, 9.17) is 14.0 Å². The van der Waals surface area contributed by atoms with Crippen molar-refractivity contribution in [3.8, 4) is 22.2 Å². The molecule has 7 nitrogen and oxygen atoms in total. The van der Waals surface area contributed by atoms with Crippen LogP contribution in [-0.2, 0) is 4.79 Å². The maximum absolute atomic E-state index is 12.4. The number of methoxy groups -OCH3 is 2. The number of ether oxygens (including phenoxy) is 2. The molecule has 1 amide bonds. The number of carbonyl (C=O) groups excluding carboxylic acids is 1. The molecule has 2 heterocycles. The first-order valence-electron chi connectivity index (χ1n) is 9.73. The van der Waals surface area contributed by atoms with Gasteiger partial charge in [-0.15, -0.1) is 11.3 Å². The summed E-state index contributed by atoms with van der Waals surface area (Å²) < 4.78 is 15.9. The zero-order chi connectivity index (χ0) is 21.1. The predicted molar refractivity (Wildman–Crippen MR) is 116 cm³/mol. The number of anilines is 1. The number of hydrogen-bond donors (Lipinski definition) is 1. The third-order valence-electron chi connectivity index (χ3n) is 5.13. The van der Waals surface area contributed by atoms with Crippen molar-refractivity contribution in [1.29, 1.82) is 0 Å². The third kappa shape index (κ3) is 4.23. The molecular weight excluding hydrogens is 402 g/mol. The Morgan fingerprint density at radius 3 is 2.73 bits per heavy atom. The van der Waals surface area contributed by atoms with Crippen LogP contribution in [0.4, 0.5) is 5.69 Å². The first-order chi connectivity index (χ1) is 14.6. The standard InChI is InChI=1S/C22H23N3O4S/c1-13-16(12-19(30-13)21-24-22(29-25-21)15-5-4-6-15)23-20(26)10-8-14-7-9-17(27-2)18(11-14)28-3/h7-12,15H,4-6H2,1-3H3,(H,23,26)/b10-8+. The van der Waals surface area contributed by atoms with E-state index in [0.29, 0.717) is 29.1 Å². The van der Waals surface area contributed by atoms with Gasteiger partial charge in [-0.1, -0.05) is 17.6 Å². The van der Waals surface area contributed by atoms with Crippen LogP contribution in [0.3, 0.4) is 0 Å². The Morgan fingerprint density at radius 2 is 2.03 bits per heavy atom. The van der Waals surface area contributed by atoms with Crippen LogP contribution >= 0.6 is 11.3 Å². The second-order valence-electron chi connectivity index (χ2n) is 7.10. The Bertz CT molecular complexity index is 1080. The average molecular weight is 426 g/mol. The van der Waals surface area contributed by atoms with E-state index in [2.05, 4.69) is 15.5 Å². The molecule has 0 radical (unpaired) electrons. The van der Waals surface area contributed by atoms with Crippen molar-refractivity contribution in [2.45, 2.75) is 32.1 Å². The van der Waals surface area contributed by atoms with Gasteiger partial charge in [0.1, 0.15) is 0 Å². The van der Waals surface area contributed by atoms with Crippen LogP contribution in [0, 0.1) is 6.92 Å². The van der Waals surface area contributed by atoms with Crippen molar-refractivity contribution in [2.75, 3.05) is 19.5 Å². The van der Waals surface area contributed by atoms with Crippen LogP contribution in [-0.4, -0.2) is 30.3 Å². The first-order valence-corrected chi connectivity index (χ1v) is 10.5. The lowest BCUT2D eigenvalue weighted by atomic mass is 9.85. The maximum atomic E-state index is 12.4. The largest absolute Gasteiger partial charge is 0.493 e. The number of nitrogens with zero attached hydrogens (tertiary/aromatic N) is 2. The lowest BCUT2D eigenvalue weighted by molar-refractivity contribution is -0.111. The molecule has 3 aromatic rings. The number of amides is 1. The molecule has 30 heavy (non-hydrogen) atoms. The number of rotatable bonds is 7. The van der Waals surface area contributed by atoms with Crippen molar-refractivity contribution in [3.63, 3.8) is 0 Å². The molecule has 156 valence electrons. The second-order valence-corrected chi connectivity index (χ2v) is 8.36. The normalized spacial score (nSPS) is 14.0. The topological polar surface area (TPSA) is 86.5 Å². The lowest BCUT2D eigenvalue weighted by Gasteiger charge is -2.20. The Kier molecular flexibility index (Phi) is 5.85. The molecule has 1 aliphatic rings. The Hall–Kier alpha value is -3.13. The molecule has 1 aromatic carbocycles. The summed E-state index contributed by atoms with van der Waals surface area (Å²) in [5, 5.41) is 7.02. The van der Waals surface area contributed by atoms with Gasteiger partial charge in [0, 0.05) is 16.9 Å². The van der Waals surface area contributed by atoms with Gasteiger partial charge in [0.05, 0.1) is 24.8 Å². The van der Waals surface area contributed by atoms with Crippen molar-refractivity contribution in [3.05, 3.63) is 46.7 Å². The fourth-order valence-corrected chi connectivity index (χ4v) is 4.08. The van der Waals surface area contributed by atoms with Crippen molar-refractivity contribution >= 4 is 29.0 Å². The molecule has 8 heteroatoms. The van der Waals surface area contributed by atoms with Gasteiger partial charge in [-0.05, 0) is 49.6 Å². The van der Waals surface area contributed by atoms with E-state index in [9.17, 15) is 4.79 Å². The summed E-state index contributed by atoms with van der Waals surface area (Å²) >= 11 is 1.53. The fourth-order valence-electron chi connectivity index (χ4n) is 3.18. The van der Waals surface area contributed by atoms with E-state index < -0.39 is 0 Å². The summed E-state index contributed by atoms with van der Waals surface area (Å²) in [6.45, 7) is 1.95. The summed E-state index contributed by atoms with van der Waals surface area (Å²) in [6.07, 6.45) is 6.65. The molecule has 0 atom stereocenters. The molecule has 1 fully saturated rings. The molecule has 2 aromatic heterocycles. The van der Waals surface area contributed by atoms with Crippen LogP contribution in [0.2, 0.25) is 0 Å². The number of thiophene rings is 1. The van der Waals surface area contributed by atoms with Gasteiger partial charge in [0.25, 0.3) is 0 Å². The van der Waals surface area contributed by atoms with Crippen LogP contribution in [0.1, 0.15) is 41.5 Å². The van der Waals surface area contributed by atoms with Crippen LogP contribution in [0.25, 0.3) is 16.8 Å². The average Bonchev–Trinajstić information content (AvgIpc) is 3.32. The van der Waals surface area contributed by atoms with Crippen LogP contribution in [0.5, 0.6) is 11.5 Å². The summed E-state index contributed by atoms with van der Waals surface area (Å²) in [5.41, 5.74) is 1.58. The van der Waals surface area contributed by atoms with E-state index in [1.54, 1.807) is 26.4 Å². The minimum atomic E-state index is -0.222. The number of nitrogens with one attached hydrogen (secondary N) is 1. The minimum Gasteiger partial charge on any atom is -0.493 e. The summed E-state index contributed by atoms with van der Waals surface area (Å²) in [6, 6.07) is 7.35. The van der Waals surface area contributed by atoms with Gasteiger partial charge in [-0.3, -0.25) is 4.79 Å². The van der Waals surface area contributed by atoms with Gasteiger partial charge in [-0.25, -0.2) is 0 Å². The molecule has 0 bridgehead atoms. The highest BCUT2D eigenvalue weighted by atomic mass is 32.1. The SMILES string of the molecule is COc1ccc(/C=C/C(=O)Nc2cc(-c3noc(C4CCC4)n3)sc2C)cc1OC. The molecule has 0 unspecified atom stereocenters. The highest BCUT2D eigenvalue weighted by Gasteiger charge is 2.26. The summed E-state index contributed by atoms with van der Waals surface area (Å²) in [7, 11) is 3.16. The number of aryl methyl sites for hydroxylation is 1. The Morgan fingerprint density at radius 1 is 1.23 bits per heavy atom. The highest BCUT2D eigenvalue weighted by Crippen LogP contribution is 2.38. The van der Waals surface area contributed by atoms with Crippen molar-refractivity contribution < 1.29 is 18.8 Å². The zero-order valence-electron chi connectivity index (χ0n) is 17.1. The molecular formula is C22H23N3O4S. The molecule has 1 aliphatic carbocycles. The minimum absolute atomic E-state index is 0.222. The predicted octanol–water partition coefficient (Wildman–Crippen LogP) is 5.04. The first kappa shape index (κ1) is 20.2. The maximum Gasteiger partial charge on any atom is 0.248 e. The summed E-state index contributed by atoms with van der Waals surface area (Å²) in [5.74, 6) is 2.72. The number of benzene rings is 1. The molecule has 4 rings (SSSR count). The third-order valence-corrected chi connectivity index (χ3v) is 6.17. The number of hydrogen-bond acceptors (Lipinski definition) is 7. The van der Waals surface area contributed by atoms with E-state index in [-0.39, 0.29) is 5.91 Å². The smallest absolute Gasteiger partial charge is 0.248 e. The monoisotopic (exact) mass is 425 g/mol. The molecule has 1 saturated carbocycles. The van der Waals surface area contributed by atoms with Crippen molar-refractivity contribution in [1.82, 2.24) is 10.1 Å². The van der Waals surface area contributed by atoms with E-state index in [1.807, 2.05) is 25.1 Å². The quantitative estimate of drug-likeness (QED) is 0.534. The van der Waals surface area contributed by atoms with E-state index in [1.165, 1.54) is 23.8 Å². The molecule has 0 spiro atoms. The van der Waals surface area contributed by atoms with E-state index in [0.717, 1.165) is 33.8 Å². The Balaban J connectivity index is 1.43.